The van der Waals surface area contributed by atoms with Crippen LogP contribution in [0, 0.1) is 0 Å². The number of hydrogen-bond donors (Lipinski definition) is 0. The van der Waals surface area contributed by atoms with Crippen molar-refractivity contribution in [1.29, 1.82) is 0 Å². The second kappa shape index (κ2) is 4.34. The van der Waals surface area contributed by atoms with Gasteiger partial charge in [-0.25, -0.2) is 19.7 Å². The summed E-state index contributed by atoms with van der Waals surface area (Å²) < 4.78 is 7.27. The smallest absolute Gasteiger partial charge is 0.389 e. The first-order valence-corrected chi connectivity index (χ1v) is 5.94. The Balaban J connectivity index is 2.14. The van der Waals surface area contributed by atoms with Crippen LogP contribution in [-0.4, -0.2) is 19.5 Å². The molecule has 0 N–H and O–H groups in total. The van der Waals surface area contributed by atoms with Crippen LogP contribution in [0.2, 0.25) is 0 Å². The van der Waals surface area contributed by atoms with E-state index in [0.29, 0.717) is 17.1 Å². The van der Waals surface area contributed by atoms with Crippen molar-refractivity contribution < 1.29 is 4.42 Å². The normalized spacial score (nSPS) is 10.9. The summed E-state index contributed by atoms with van der Waals surface area (Å²) in [4.78, 5) is 23.9. The molecule has 3 rings (SSSR count). The Morgan fingerprint density at radius 2 is 2.06 bits per heavy atom. The predicted molar refractivity (Wildman–Crippen MR) is 67.1 cm³/mol. The number of pyridine rings is 1. The molecule has 90 valence electrons. The summed E-state index contributed by atoms with van der Waals surface area (Å²) in [6, 6.07) is 3.49. The monoisotopic (exact) mass is 306 g/mol. The molecule has 0 fully saturated rings. The number of hydrogen-bond acceptors (Lipinski definition) is 5. The Labute approximate surface area is 109 Å². The van der Waals surface area contributed by atoms with E-state index < -0.39 is 5.76 Å². The van der Waals surface area contributed by atoms with E-state index in [1.807, 2.05) is 0 Å². The molecule has 0 unspecified atom stereocenters. The highest BCUT2D eigenvalue weighted by molar-refractivity contribution is 9.10. The lowest BCUT2D eigenvalue weighted by molar-refractivity contribution is 0.507. The first kappa shape index (κ1) is 11.1. The van der Waals surface area contributed by atoms with Gasteiger partial charge in [0.25, 0.3) is 0 Å². The van der Waals surface area contributed by atoms with Gasteiger partial charge in [0.15, 0.2) is 0 Å². The molecule has 0 aliphatic rings. The highest BCUT2D eigenvalue weighted by atomic mass is 79.9. The Hall–Kier alpha value is -2.02. The van der Waals surface area contributed by atoms with Crippen molar-refractivity contribution >= 4 is 27.2 Å². The van der Waals surface area contributed by atoms with Crippen LogP contribution in [0.4, 0.5) is 0 Å². The molecule has 0 saturated heterocycles. The van der Waals surface area contributed by atoms with Crippen LogP contribution in [-0.2, 0) is 6.54 Å². The largest absolute Gasteiger partial charge is 0.421 e. The third-order valence-electron chi connectivity index (χ3n) is 2.41. The lowest BCUT2D eigenvalue weighted by Crippen LogP contribution is -2.16. The van der Waals surface area contributed by atoms with E-state index >= 15 is 0 Å². The van der Waals surface area contributed by atoms with Crippen LogP contribution in [0.5, 0.6) is 0 Å². The molecule has 3 heterocycles. The van der Waals surface area contributed by atoms with Gasteiger partial charge in [-0.2, -0.15) is 0 Å². The van der Waals surface area contributed by atoms with Crippen molar-refractivity contribution in [2.45, 2.75) is 6.54 Å². The van der Waals surface area contributed by atoms with E-state index in [1.165, 1.54) is 4.57 Å². The maximum absolute atomic E-state index is 11.7. The molecule has 0 saturated carbocycles. The predicted octanol–water partition coefficient (Wildman–Crippen LogP) is 1.59. The first-order chi connectivity index (χ1) is 8.74. The van der Waals surface area contributed by atoms with Gasteiger partial charge in [0.05, 0.1) is 6.54 Å². The lowest BCUT2D eigenvalue weighted by atomic mass is 10.4. The minimum Gasteiger partial charge on any atom is -0.389 e. The standard InChI is InChI=1S/C11H7BrN4O2/c12-7-4-8-10(15-5-7)18-11(17)16(8)6-9-13-2-1-3-14-9/h1-5H,6H2. The van der Waals surface area contributed by atoms with Crippen LogP contribution in [0.3, 0.4) is 0 Å². The number of fused-ring (bicyclic) bond motifs is 1. The highest BCUT2D eigenvalue weighted by Crippen LogP contribution is 2.16. The molecule has 3 aromatic heterocycles. The Bertz CT molecular complexity index is 751. The number of oxazole rings is 1. The fraction of sp³-hybridized carbons (Fsp3) is 0.0909. The molecule has 0 aliphatic heterocycles. The average Bonchev–Trinajstić information content (AvgIpc) is 2.67. The van der Waals surface area contributed by atoms with Gasteiger partial charge in [0.1, 0.15) is 11.3 Å². The fourth-order valence-electron chi connectivity index (χ4n) is 1.63. The molecular weight excluding hydrogens is 300 g/mol. The molecule has 0 radical (unpaired) electrons. The summed E-state index contributed by atoms with van der Waals surface area (Å²) in [5.41, 5.74) is 0.918. The quantitative estimate of drug-likeness (QED) is 0.719. The first-order valence-electron chi connectivity index (χ1n) is 5.15. The van der Waals surface area contributed by atoms with E-state index in [9.17, 15) is 4.79 Å². The topological polar surface area (TPSA) is 73.8 Å². The molecule has 7 heteroatoms. The van der Waals surface area contributed by atoms with Gasteiger partial charge in [0.2, 0.25) is 5.71 Å². The summed E-state index contributed by atoms with van der Waals surface area (Å²) >= 11 is 3.31. The van der Waals surface area contributed by atoms with E-state index in [0.717, 1.165) is 4.47 Å². The van der Waals surface area contributed by atoms with Crippen LogP contribution in [0.25, 0.3) is 11.2 Å². The van der Waals surface area contributed by atoms with Crippen molar-refractivity contribution in [3.05, 3.63) is 51.6 Å². The Morgan fingerprint density at radius 1 is 1.28 bits per heavy atom. The SMILES string of the molecule is O=c1oc2ncc(Br)cc2n1Cc1ncccn1. The Morgan fingerprint density at radius 3 is 2.83 bits per heavy atom. The van der Waals surface area contributed by atoms with Crippen molar-refractivity contribution in [1.82, 2.24) is 19.5 Å². The van der Waals surface area contributed by atoms with Gasteiger partial charge < -0.3 is 4.42 Å². The third kappa shape index (κ3) is 1.92. The summed E-state index contributed by atoms with van der Waals surface area (Å²) in [6.07, 6.45) is 4.84. The zero-order chi connectivity index (χ0) is 12.5. The number of rotatable bonds is 2. The van der Waals surface area contributed by atoms with Crippen molar-refractivity contribution in [3.8, 4) is 0 Å². The zero-order valence-electron chi connectivity index (χ0n) is 9.08. The molecule has 0 amide bonds. The second-order valence-electron chi connectivity index (χ2n) is 3.60. The third-order valence-corrected chi connectivity index (χ3v) is 2.85. The van der Waals surface area contributed by atoms with Crippen molar-refractivity contribution in [2.75, 3.05) is 0 Å². The van der Waals surface area contributed by atoms with Gasteiger partial charge in [-0.3, -0.25) is 4.57 Å². The second-order valence-corrected chi connectivity index (χ2v) is 4.51. The van der Waals surface area contributed by atoms with Crippen LogP contribution in [0.1, 0.15) is 5.82 Å². The Kier molecular flexibility index (Phi) is 2.67. The molecule has 0 spiro atoms. The van der Waals surface area contributed by atoms with Gasteiger partial charge in [-0.15, -0.1) is 0 Å². The van der Waals surface area contributed by atoms with Crippen molar-refractivity contribution in [2.24, 2.45) is 0 Å². The van der Waals surface area contributed by atoms with Crippen LogP contribution >= 0.6 is 15.9 Å². The summed E-state index contributed by atoms with van der Waals surface area (Å²) in [6.45, 7) is 0.255. The van der Waals surface area contributed by atoms with Gasteiger partial charge in [-0.05, 0) is 28.1 Å². The minimum atomic E-state index is -0.469. The number of nitrogens with zero attached hydrogens (tertiary/aromatic N) is 4. The number of halogens is 1. The molecule has 3 aromatic rings. The van der Waals surface area contributed by atoms with Crippen LogP contribution in [0.15, 0.2) is 44.4 Å². The van der Waals surface area contributed by atoms with Crippen molar-refractivity contribution in [3.63, 3.8) is 0 Å². The van der Waals surface area contributed by atoms with E-state index in [1.54, 1.807) is 30.7 Å². The summed E-state index contributed by atoms with van der Waals surface area (Å²) in [5.74, 6) is 0.0744. The van der Waals surface area contributed by atoms with Gasteiger partial charge >= 0.3 is 5.76 Å². The number of aromatic nitrogens is 4. The van der Waals surface area contributed by atoms with Gasteiger partial charge in [0, 0.05) is 23.1 Å². The molecule has 0 bridgehead atoms. The molecule has 18 heavy (non-hydrogen) atoms. The minimum absolute atomic E-state index is 0.255. The molecule has 0 aromatic carbocycles. The zero-order valence-corrected chi connectivity index (χ0v) is 10.7. The maximum Gasteiger partial charge on any atom is 0.421 e. The molecular formula is C11H7BrN4O2. The average molecular weight is 307 g/mol. The summed E-state index contributed by atoms with van der Waals surface area (Å²) in [7, 11) is 0. The fourth-order valence-corrected chi connectivity index (χ4v) is 1.95. The van der Waals surface area contributed by atoms with E-state index in [2.05, 4.69) is 30.9 Å². The van der Waals surface area contributed by atoms with Gasteiger partial charge in [-0.1, -0.05) is 0 Å². The lowest BCUT2D eigenvalue weighted by Gasteiger charge is -2.00. The summed E-state index contributed by atoms with van der Waals surface area (Å²) in [5, 5.41) is 0. The molecule has 0 atom stereocenters. The van der Waals surface area contributed by atoms with E-state index in [-0.39, 0.29) is 6.54 Å². The molecule has 0 aliphatic carbocycles. The maximum atomic E-state index is 11.7. The highest BCUT2D eigenvalue weighted by Gasteiger charge is 2.11. The van der Waals surface area contributed by atoms with Crippen LogP contribution < -0.4 is 5.76 Å². The molecule has 6 nitrogen and oxygen atoms in total. The van der Waals surface area contributed by atoms with E-state index in [4.69, 9.17) is 4.42 Å².